The van der Waals surface area contributed by atoms with E-state index in [4.69, 9.17) is 8.83 Å². The Morgan fingerprint density at radius 2 is 1.32 bits per heavy atom. The SMILES string of the molecule is CC(C)c1ccnc(-c2[c-]ccc3c2oc2cc4nc(-c5ccccc5)oc4cc23)c1.CC(C)c1ccnc(-c2[c-]cccc2)c1.[Ir]. The van der Waals surface area contributed by atoms with Gasteiger partial charge in [-0.05, 0) is 53.6 Å². The van der Waals surface area contributed by atoms with Gasteiger partial charge < -0.3 is 18.8 Å². The predicted molar refractivity (Wildman–Crippen MR) is 185 cm³/mol. The van der Waals surface area contributed by atoms with Gasteiger partial charge >= 0.3 is 0 Å². The number of benzene rings is 4. The molecule has 0 aliphatic carbocycles. The van der Waals surface area contributed by atoms with Gasteiger partial charge in [0, 0.05) is 49.5 Å². The molecule has 0 unspecified atom stereocenters. The first-order valence-corrected chi connectivity index (χ1v) is 15.6. The first kappa shape index (κ1) is 32.1. The summed E-state index contributed by atoms with van der Waals surface area (Å²) in [6.07, 6.45) is 3.72. The minimum atomic E-state index is 0. The van der Waals surface area contributed by atoms with E-state index in [1.165, 1.54) is 11.1 Å². The third-order valence-electron chi connectivity index (χ3n) is 8.10. The van der Waals surface area contributed by atoms with Crippen LogP contribution in [0.5, 0.6) is 0 Å². The van der Waals surface area contributed by atoms with Crippen LogP contribution < -0.4 is 0 Å². The van der Waals surface area contributed by atoms with E-state index in [1.807, 2.05) is 91.3 Å². The zero-order valence-corrected chi connectivity index (χ0v) is 29.0. The standard InChI is InChI=1S/C27H19N2O2.C14H14N.Ir/c1-16(2)18-11-12-28-22(13-18)20-10-6-9-19-21-14-25-23(15-24(21)30-26(19)20)29-27(31-25)17-7-4-3-5-8-17;1-11(2)13-8-9-15-14(10-13)12-6-4-3-5-7-12;/h3-9,11-16H,1-2H3;3-6,8-11H,1-2H3;/q2*-1;. The van der Waals surface area contributed by atoms with Crippen molar-refractivity contribution in [1.82, 2.24) is 15.0 Å². The number of fused-ring (bicyclic) bond motifs is 4. The molecular weight excluding hydrogens is 759 g/mol. The Morgan fingerprint density at radius 1 is 0.617 bits per heavy atom. The quantitative estimate of drug-likeness (QED) is 0.162. The van der Waals surface area contributed by atoms with E-state index in [-0.39, 0.29) is 20.1 Å². The first-order chi connectivity index (χ1) is 22.4. The molecule has 8 rings (SSSR count). The molecule has 0 aliphatic rings. The molecule has 0 aliphatic heterocycles. The summed E-state index contributed by atoms with van der Waals surface area (Å²) in [4.78, 5) is 13.6. The summed E-state index contributed by atoms with van der Waals surface area (Å²) in [7, 11) is 0. The van der Waals surface area contributed by atoms with Gasteiger partial charge in [0.2, 0.25) is 5.89 Å². The number of pyridine rings is 2. The number of hydrogen-bond acceptors (Lipinski definition) is 5. The van der Waals surface area contributed by atoms with E-state index in [1.54, 1.807) is 0 Å². The van der Waals surface area contributed by atoms with Crippen molar-refractivity contribution in [3.05, 3.63) is 139 Å². The van der Waals surface area contributed by atoms with Crippen LogP contribution in [0.15, 0.2) is 124 Å². The maximum Gasteiger partial charge on any atom is 0.227 e. The Labute approximate surface area is 288 Å². The van der Waals surface area contributed by atoms with Crippen LogP contribution in [-0.4, -0.2) is 15.0 Å². The molecule has 0 bridgehead atoms. The Morgan fingerprint density at radius 3 is 2.02 bits per heavy atom. The van der Waals surface area contributed by atoms with Gasteiger partial charge in [-0.15, -0.1) is 54.1 Å². The van der Waals surface area contributed by atoms with E-state index in [9.17, 15) is 0 Å². The number of oxazole rings is 1. The Balaban J connectivity index is 0.000000204. The van der Waals surface area contributed by atoms with Crippen molar-refractivity contribution < 1.29 is 28.9 Å². The van der Waals surface area contributed by atoms with Gasteiger partial charge in [-0.25, -0.2) is 4.98 Å². The molecule has 4 aromatic heterocycles. The van der Waals surface area contributed by atoms with Crippen LogP contribution in [0.3, 0.4) is 0 Å². The van der Waals surface area contributed by atoms with Gasteiger partial charge in [-0.1, -0.05) is 80.1 Å². The fourth-order valence-corrected chi connectivity index (χ4v) is 5.51. The topological polar surface area (TPSA) is 65.0 Å². The van der Waals surface area contributed by atoms with Crippen LogP contribution in [0.2, 0.25) is 0 Å². The van der Waals surface area contributed by atoms with Crippen LogP contribution in [0.4, 0.5) is 0 Å². The largest absolute Gasteiger partial charge is 0.501 e. The first-order valence-electron chi connectivity index (χ1n) is 15.6. The van der Waals surface area contributed by atoms with E-state index in [2.05, 4.69) is 79.0 Å². The molecule has 0 amide bonds. The molecule has 8 aromatic rings. The van der Waals surface area contributed by atoms with Crippen LogP contribution >= 0.6 is 0 Å². The second kappa shape index (κ2) is 13.8. The molecule has 235 valence electrons. The fraction of sp³-hybridized carbons (Fsp3) is 0.146. The zero-order chi connectivity index (χ0) is 31.6. The monoisotopic (exact) mass is 792 g/mol. The van der Waals surface area contributed by atoms with Crippen molar-refractivity contribution in [2.24, 2.45) is 0 Å². The van der Waals surface area contributed by atoms with Gasteiger partial charge in [0.05, 0.1) is 5.58 Å². The molecule has 0 saturated heterocycles. The van der Waals surface area contributed by atoms with E-state index in [0.29, 0.717) is 17.7 Å². The number of aromatic nitrogens is 3. The molecule has 0 saturated carbocycles. The number of rotatable bonds is 5. The Kier molecular flexibility index (Phi) is 9.44. The van der Waals surface area contributed by atoms with Gasteiger partial charge in [-0.2, -0.15) is 0 Å². The van der Waals surface area contributed by atoms with Crippen LogP contribution in [0.25, 0.3) is 67.0 Å². The molecule has 47 heavy (non-hydrogen) atoms. The molecule has 6 heteroatoms. The summed E-state index contributed by atoms with van der Waals surface area (Å²) in [5.41, 5.74) is 10.4. The van der Waals surface area contributed by atoms with Crippen molar-refractivity contribution in [3.8, 4) is 34.0 Å². The molecular formula is C41H33IrN3O2-2. The summed E-state index contributed by atoms with van der Waals surface area (Å²) in [5, 5.41) is 2.01. The maximum atomic E-state index is 6.31. The minimum Gasteiger partial charge on any atom is -0.501 e. The van der Waals surface area contributed by atoms with Crippen LogP contribution in [0, 0.1) is 12.1 Å². The molecule has 0 fully saturated rings. The molecule has 4 aromatic carbocycles. The van der Waals surface area contributed by atoms with Gasteiger partial charge in [0.25, 0.3) is 0 Å². The van der Waals surface area contributed by atoms with Gasteiger partial charge in [0.15, 0.2) is 5.58 Å². The Hall–Kier alpha value is -4.90. The second-order valence-corrected chi connectivity index (χ2v) is 11.9. The normalized spacial score (nSPS) is 11.2. The summed E-state index contributed by atoms with van der Waals surface area (Å²) in [6.45, 7) is 8.73. The minimum absolute atomic E-state index is 0. The molecule has 5 nitrogen and oxygen atoms in total. The maximum absolute atomic E-state index is 6.31. The average Bonchev–Trinajstić information content (AvgIpc) is 3.69. The molecule has 0 N–H and O–H groups in total. The predicted octanol–water partition coefficient (Wildman–Crippen LogP) is 11.0. The summed E-state index contributed by atoms with van der Waals surface area (Å²) in [5.74, 6) is 1.57. The summed E-state index contributed by atoms with van der Waals surface area (Å²) < 4.78 is 12.4. The Bertz CT molecular complexity index is 2270. The fourth-order valence-electron chi connectivity index (χ4n) is 5.51. The van der Waals surface area contributed by atoms with Crippen LogP contribution in [-0.2, 0) is 20.1 Å². The zero-order valence-electron chi connectivity index (χ0n) is 26.6. The van der Waals surface area contributed by atoms with E-state index >= 15 is 0 Å². The summed E-state index contributed by atoms with van der Waals surface area (Å²) >= 11 is 0. The average molecular weight is 792 g/mol. The molecule has 0 spiro atoms. The summed E-state index contributed by atoms with van der Waals surface area (Å²) in [6, 6.07) is 40.6. The van der Waals surface area contributed by atoms with Gasteiger partial charge in [-0.3, -0.25) is 0 Å². The second-order valence-electron chi connectivity index (χ2n) is 11.9. The third kappa shape index (κ3) is 6.66. The van der Waals surface area contributed by atoms with Crippen molar-refractivity contribution in [3.63, 3.8) is 0 Å². The number of furan rings is 1. The van der Waals surface area contributed by atoms with Crippen molar-refractivity contribution in [2.75, 3.05) is 0 Å². The van der Waals surface area contributed by atoms with Crippen molar-refractivity contribution in [2.45, 2.75) is 39.5 Å². The van der Waals surface area contributed by atoms with E-state index < -0.39 is 0 Å². The molecule has 1 radical (unpaired) electrons. The number of hydrogen-bond donors (Lipinski definition) is 0. The van der Waals surface area contributed by atoms with Crippen molar-refractivity contribution in [1.29, 1.82) is 0 Å². The van der Waals surface area contributed by atoms with Crippen molar-refractivity contribution >= 4 is 33.0 Å². The smallest absolute Gasteiger partial charge is 0.227 e. The van der Waals surface area contributed by atoms with E-state index in [0.717, 1.165) is 61.1 Å². The molecule has 4 heterocycles. The molecule has 0 atom stereocenters. The third-order valence-corrected chi connectivity index (χ3v) is 8.10. The van der Waals surface area contributed by atoms with Gasteiger partial charge in [0.1, 0.15) is 11.1 Å². The number of nitrogens with zero attached hydrogens (tertiary/aromatic N) is 3. The van der Waals surface area contributed by atoms with Crippen LogP contribution in [0.1, 0.15) is 50.7 Å².